The molecule has 0 amide bonds. The molecule has 102 valence electrons. The summed E-state index contributed by atoms with van der Waals surface area (Å²) in [7, 11) is 0. The van der Waals surface area contributed by atoms with Crippen LogP contribution in [0.3, 0.4) is 0 Å². The molecule has 1 N–H and O–H groups in total. The van der Waals surface area contributed by atoms with Gasteiger partial charge in [-0.25, -0.2) is 0 Å². The van der Waals surface area contributed by atoms with Crippen molar-refractivity contribution >= 4 is 17.3 Å². The van der Waals surface area contributed by atoms with Gasteiger partial charge >= 0.3 is 12.1 Å². The molecule has 0 atom stereocenters. The van der Waals surface area contributed by atoms with E-state index in [1.807, 2.05) is 0 Å². The lowest BCUT2D eigenvalue weighted by Crippen LogP contribution is -2.35. The van der Waals surface area contributed by atoms with E-state index in [0.29, 0.717) is 0 Å². The fraction of sp³-hybridized carbons (Fsp3) is 0.545. The van der Waals surface area contributed by atoms with Crippen LogP contribution in [-0.4, -0.2) is 28.6 Å². The van der Waals surface area contributed by atoms with Crippen LogP contribution in [0.15, 0.2) is 10.8 Å². The summed E-state index contributed by atoms with van der Waals surface area (Å²) in [5.74, 6) is -1.05. The Morgan fingerprint density at radius 3 is 2.50 bits per heavy atom. The maximum Gasteiger partial charge on any atom is 0.417 e. The van der Waals surface area contributed by atoms with Gasteiger partial charge in [0.1, 0.15) is 0 Å². The number of aliphatic carboxylic acids is 1. The van der Waals surface area contributed by atoms with Crippen LogP contribution >= 0.6 is 11.3 Å². The number of carboxylic acids is 1. The molecule has 0 radical (unpaired) electrons. The standard InChI is InChI=1S/C11H14F3NO2S/c1-7(2)15(4-10(16)17)3-8-5-18-6-9(8)11(12,13)14/h5-7H,3-4H2,1-2H3,(H,16,17). The second-order valence-corrected chi connectivity index (χ2v) is 4.94. The third-order valence-electron chi connectivity index (χ3n) is 2.49. The van der Waals surface area contributed by atoms with Crippen molar-refractivity contribution in [2.45, 2.75) is 32.6 Å². The first-order chi connectivity index (χ1) is 8.21. The molecule has 7 heteroatoms. The molecule has 3 nitrogen and oxygen atoms in total. The molecule has 0 aliphatic carbocycles. The highest BCUT2D eigenvalue weighted by Gasteiger charge is 2.34. The molecule has 1 aromatic rings. The zero-order chi connectivity index (χ0) is 13.9. The van der Waals surface area contributed by atoms with Gasteiger partial charge in [0.25, 0.3) is 0 Å². The first-order valence-corrected chi connectivity index (χ1v) is 6.24. The van der Waals surface area contributed by atoms with Gasteiger partial charge < -0.3 is 5.11 Å². The maximum atomic E-state index is 12.7. The van der Waals surface area contributed by atoms with E-state index < -0.39 is 17.7 Å². The van der Waals surface area contributed by atoms with Crippen molar-refractivity contribution in [2.24, 2.45) is 0 Å². The fourth-order valence-electron chi connectivity index (χ4n) is 1.51. The molecular weight excluding hydrogens is 267 g/mol. The van der Waals surface area contributed by atoms with Gasteiger partial charge in [-0.2, -0.15) is 24.5 Å². The topological polar surface area (TPSA) is 40.5 Å². The Morgan fingerprint density at radius 2 is 2.06 bits per heavy atom. The number of carbonyl (C=O) groups is 1. The number of thiophene rings is 1. The minimum atomic E-state index is -4.39. The molecule has 0 spiro atoms. The lowest BCUT2D eigenvalue weighted by Gasteiger charge is -2.24. The van der Waals surface area contributed by atoms with Crippen molar-refractivity contribution in [3.8, 4) is 0 Å². The minimum Gasteiger partial charge on any atom is -0.480 e. The SMILES string of the molecule is CC(C)N(CC(=O)O)Cc1cscc1C(F)(F)F. The number of carboxylic acid groups (broad SMARTS) is 1. The van der Waals surface area contributed by atoms with Crippen LogP contribution in [0, 0.1) is 0 Å². The third-order valence-corrected chi connectivity index (χ3v) is 3.28. The highest BCUT2D eigenvalue weighted by molar-refractivity contribution is 7.08. The monoisotopic (exact) mass is 281 g/mol. The summed E-state index contributed by atoms with van der Waals surface area (Å²) in [5.41, 5.74) is -0.550. The van der Waals surface area contributed by atoms with Crippen molar-refractivity contribution in [1.29, 1.82) is 0 Å². The summed E-state index contributed by atoms with van der Waals surface area (Å²) in [4.78, 5) is 12.1. The van der Waals surface area contributed by atoms with Gasteiger partial charge in [0.15, 0.2) is 0 Å². The number of halogens is 3. The van der Waals surface area contributed by atoms with E-state index in [0.717, 1.165) is 16.7 Å². The van der Waals surface area contributed by atoms with Crippen LogP contribution in [0.4, 0.5) is 13.2 Å². The van der Waals surface area contributed by atoms with Crippen molar-refractivity contribution in [1.82, 2.24) is 4.90 Å². The van der Waals surface area contributed by atoms with E-state index in [1.165, 1.54) is 10.3 Å². The molecule has 1 heterocycles. The zero-order valence-electron chi connectivity index (χ0n) is 9.99. The average molecular weight is 281 g/mol. The Balaban J connectivity index is 2.88. The van der Waals surface area contributed by atoms with Gasteiger partial charge in [-0.3, -0.25) is 9.69 Å². The lowest BCUT2D eigenvalue weighted by atomic mass is 10.1. The first kappa shape index (κ1) is 15.0. The van der Waals surface area contributed by atoms with Crippen LogP contribution in [0.25, 0.3) is 0 Å². The first-order valence-electron chi connectivity index (χ1n) is 5.30. The third kappa shape index (κ3) is 3.99. The molecule has 18 heavy (non-hydrogen) atoms. The molecule has 0 aliphatic rings. The van der Waals surface area contributed by atoms with E-state index in [1.54, 1.807) is 13.8 Å². The van der Waals surface area contributed by atoms with Gasteiger partial charge in [0.05, 0.1) is 12.1 Å². The van der Waals surface area contributed by atoms with E-state index >= 15 is 0 Å². The highest BCUT2D eigenvalue weighted by atomic mass is 32.1. The van der Waals surface area contributed by atoms with E-state index in [9.17, 15) is 18.0 Å². The number of hydrogen-bond donors (Lipinski definition) is 1. The van der Waals surface area contributed by atoms with Gasteiger partial charge in [0, 0.05) is 18.0 Å². The summed E-state index contributed by atoms with van der Waals surface area (Å²) in [6.07, 6.45) is -4.39. The van der Waals surface area contributed by atoms with Crippen LogP contribution in [0.2, 0.25) is 0 Å². The van der Waals surface area contributed by atoms with Crippen LogP contribution in [0.1, 0.15) is 25.0 Å². The molecule has 0 aromatic carbocycles. The van der Waals surface area contributed by atoms with Gasteiger partial charge in [-0.15, -0.1) is 0 Å². The number of alkyl halides is 3. The predicted molar refractivity (Wildman–Crippen MR) is 62.5 cm³/mol. The van der Waals surface area contributed by atoms with Crippen LogP contribution < -0.4 is 0 Å². The van der Waals surface area contributed by atoms with E-state index in [-0.39, 0.29) is 24.7 Å². The van der Waals surface area contributed by atoms with Crippen molar-refractivity contribution in [2.75, 3.05) is 6.54 Å². The Bertz CT molecular complexity index is 415. The predicted octanol–water partition coefficient (Wildman–Crippen LogP) is 3.06. The quantitative estimate of drug-likeness (QED) is 0.901. The summed E-state index contributed by atoms with van der Waals surface area (Å²) in [5, 5.41) is 11.2. The summed E-state index contributed by atoms with van der Waals surface area (Å²) >= 11 is 0.972. The molecule has 1 rings (SSSR count). The van der Waals surface area contributed by atoms with Crippen LogP contribution in [0.5, 0.6) is 0 Å². The summed E-state index contributed by atoms with van der Waals surface area (Å²) < 4.78 is 38.0. The molecule has 0 aliphatic heterocycles. The molecule has 1 aromatic heterocycles. The van der Waals surface area contributed by atoms with Crippen molar-refractivity contribution < 1.29 is 23.1 Å². The maximum absolute atomic E-state index is 12.7. The Kier molecular flexibility index (Phi) is 4.75. The fourth-order valence-corrected chi connectivity index (χ4v) is 2.36. The number of nitrogens with zero attached hydrogens (tertiary/aromatic N) is 1. The molecule has 0 saturated heterocycles. The average Bonchev–Trinajstić information content (AvgIpc) is 2.63. The second-order valence-electron chi connectivity index (χ2n) is 4.20. The van der Waals surface area contributed by atoms with Crippen molar-refractivity contribution in [3.63, 3.8) is 0 Å². The summed E-state index contributed by atoms with van der Waals surface area (Å²) in [6.45, 7) is 3.22. The van der Waals surface area contributed by atoms with Gasteiger partial charge in [-0.1, -0.05) is 0 Å². The highest BCUT2D eigenvalue weighted by Crippen LogP contribution is 2.34. The largest absolute Gasteiger partial charge is 0.480 e. The number of rotatable bonds is 5. The Labute approximate surface area is 107 Å². The van der Waals surface area contributed by atoms with Crippen molar-refractivity contribution in [3.05, 3.63) is 21.9 Å². The molecular formula is C11H14F3NO2S. The Morgan fingerprint density at radius 1 is 1.44 bits per heavy atom. The molecule has 0 saturated carbocycles. The van der Waals surface area contributed by atoms with E-state index in [4.69, 9.17) is 5.11 Å². The van der Waals surface area contributed by atoms with Gasteiger partial charge in [-0.05, 0) is 24.8 Å². The molecule has 0 bridgehead atoms. The Hall–Kier alpha value is -1.08. The van der Waals surface area contributed by atoms with Gasteiger partial charge in [0.2, 0.25) is 0 Å². The van der Waals surface area contributed by atoms with Crippen LogP contribution in [-0.2, 0) is 17.5 Å². The normalized spacial score (nSPS) is 12.4. The molecule has 0 unspecified atom stereocenters. The number of hydrogen-bond acceptors (Lipinski definition) is 3. The second kappa shape index (κ2) is 5.71. The molecule has 0 fully saturated rings. The minimum absolute atomic E-state index is 0.0116. The smallest absolute Gasteiger partial charge is 0.417 e. The lowest BCUT2D eigenvalue weighted by molar-refractivity contribution is -0.139. The zero-order valence-corrected chi connectivity index (χ0v) is 10.8. The summed E-state index contributed by atoms with van der Waals surface area (Å²) in [6, 6.07) is -0.137. The van der Waals surface area contributed by atoms with E-state index in [2.05, 4.69) is 0 Å².